The van der Waals surface area contributed by atoms with Gasteiger partial charge in [0.05, 0.1) is 10.5 Å². The van der Waals surface area contributed by atoms with E-state index in [2.05, 4.69) is 20.5 Å². The van der Waals surface area contributed by atoms with E-state index in [1.54, 1.807) is 18.3 Å². The maximum atomic E-state index is 9.35. The standard InChI is InChI=1S/C12H9ClN4O/c13-8-6-7(3-4-10(8)18)15-12-11-9(16-17-12)2-1-5-14-11/h1-6,18H,(H2,15,16,17). The Bertz CT molecular complexity index is 710. The molecule has 1 aromatic carbocycles. The summed E-state index contributed by atoms with van der Waals surface area (Å²) >= 11 is 5.84. The second-order valence-corrected chi connectivity index (χ2v) is 4.17. The van der Waals surface area contributed by atoms with E-state index < -0.39 is 0 Å². The third kappa shape index (κ3) is 1.84. The minimum absolute atomic E-state index is 0.0484. The van der Waals surface area contributed by atoms with Gasteiger partial charge in [0.15, 0.2) is 5.82 Å². The van der Waals surface area contributed by atoms with Crippen molar-refractivity contribution in [3.63, 3.8) is 0 Å². The van der Waals surface area contributed by atoms with Crippen LogP contribution in [0.5, 0.6) is 5.75 Å². The van der Waals surface area contributed by atoms with Crippen molar-refractivity contribution in [3.8, 4) is 5.75 Å². The number of aromatic amines is 1. The Morgan fingerprint density at radius 3 is 3.00 bits per heavy atom. The van der Waals surface area contributed by atoms with Crippen molar-refractivity contribution >= 4 is 34.1 Å². The number of phenolic OH excluding ortho intramolecular Hbond substituents is 1. The van der Waals surface area contributed by atoms with Gasteiger partial charge in [-0.05, 0) is 30.3 Å². The molecule has 0 bridgehead atoms. The SMILES string of the molecule is Oc1ccc(Nc2n[nH]c3cccnc23)cc1Cl. The lowest BCUT2D eigenvalue weighted by atomic mass is 10.3. The summed E-state index contributed by atoms with van der Waals surface area (Å²) in [5.74, 6) is 0.666. The van der Waals surface area contributed by atoms with E-state index in [9.17, 15) is 5.11 Å². The van der Waals surface area contributed by atoms with Crippen molar-refractivity contribution in [1.82, 2.24) is 15.2 Å². The number of H-pyrrole nitrogens is 1. The lowest BCUT2D eigenvalue weighted by Crippen LogP contribution is -1.91. The zero-order valence-corrected chi connectivity index (χ0v) is 9.94. The van der Waals surface area contributed by atoms with Crippen LogP contribution in [0, 0.1) is 0 Å². The van der Waals surface area contributed by atoms with Crippen molar-refractivity contribution in [2.45, 2.75) is 0 Å². The molecule has 3 aromatic rings. The number of hydrogen-bond donors (Lipinski definition) is 3. The van der Waals surface area contributed by atoms with Gasteiger partial charge in [0.1, 0.15) is 11.3 Å². The van der Waals surface area contributed by atoms with E-state index in [1.165, 1.54) is 6.07 Å². The van der Waals surface area contributed by atoms with Crippen molar-refractivity contribution in [3.05, 3.63) is 41.6 Å². The second kappa shape index (κ2) is 4.19. The van der Waals surface area contributed by atoms with Crippen LogP contribution >= 0.6 is 11.6 Å². The van der Waals surface area contributed by atoms with Crippen LogP contribution in [-0.4, -0.2) is 20.3 Å². The highest BCUT2D eigenvalue weighted by molar-refractivity contribution is 6.32. The van der Waals surface area contributed by atoms with E-state index in [1.807, 2.05) is 12.1 Å². The lowest BCUT2D eigenvalue weighted by Gasteiger charge is -2.04. The van der Waals surface area contributed by atoms with Crippen LogP contribution in [0.4, 0.5) is 11.5 Å². The first kappa shape index (κ1) is 10.9. The third-order valence-corrected chi connectivity index (χ3v) is 2.83. The van der Waals surface area contributed by atoms with E-state index in [-0.39, 0.29) is 10.8 Å². The number of benzene rings is 1. The van der Waals surface area contributed by atoms with Gasteiger partial charge in [-0.15, -0.1) is 0 Å². The number of aromatic nitrogens is 3. The molecule has 0 aliphatic rings. The van der Waals surface area contributed by atoms with Crippen LogP contribution in [0.25, 0.3) is 11.0 Å². The molecule has 90 valence electrons. The Kier molecular flexibility index (Phi) is 2.53. The van der Waals surface area contributed by atoms with Gasteiger partial charge in [0, 0.05) is 11.9 Å². The summed E-state index contributed by atoms with van der Waals surface area (Å²) in [5, 5.41) is 19.7. The summed E-state index contributed by atoms with van der Waals surface area (Å²) in [4.78, 5) is 4.24. The molecule has 0 unspecified atom stereocenters. The average Bonchev–Trinajstić information content (AvgIpc) is 2.78. The molecule has 0 amide bonds. The number of fused-ring (bicyclic) bond motifs is 1. The number of nitrogens with zero attached hydrogens (tertiary/aromatic N) is 2. The predicted molar refractivity (Wildman–Crippen MR) is 70.3 cm³/mol. The van der Waals surface area contributed by atoms with Crippen LogP contribution in [0.2, 0.25) is 5.02 Å². The number of aromatic hydroxyl groups is 1. The summed E-state index contributed by atoms with van der Waals surface area (Å²) in [5.41, 5.74) is 2.34. The smallest absolute Gasteiger partial charge is 0.178 e. The van der Waals surface area contributed by atoms with Crippen LogP contribution in [0.15, 0.2) is 36.5 Å². The zero-order chi connectivity index (χ0) is 12.5. The predicted octanol–water partition coefficient (Wildman–Crippen LogP) is 3.06. The van der Waals surface area contributed by atoms with Crippen molar-refractivity contribution < 1.29 is 5.11 Å². The largest absolute Gasteiger partial charge is 0.506 e. The van der Waals surface area contributed by atoms with Gasteiger partial charge in [-0.1, -0.05) is 11.6 Å². The molecule has 3 N–H and O–H groups in total. The highest BCUT2D eigenvalue weighted by Gasteiger charge is 2.07. The number of halogens is 1. The molecule has 6 heteroatoms. The molecule has 2 aromatic heterocycles. The monoisotopic (exact) mass is 260 g/mol. The second-order valence-electron chi connectivity index (χ2n) is 3.76. The maximum absolute atomic E-state index is 9.35. The molecule has 0 fully saturated rings. The highest BCUT2D eigenvalue weighted by Crippen LogP contribution is 2.28. The highest BCUT2D eigenvalue weighted by atomic mass is 35.5. The van der Waals surface area contributed by atoms with Crippen LogP contribution in [-0.2, 0) is 0 Å². The molecule has 2 heterocycles. The van der Waals surface area contributed by atoms with Crippen LogP contribution in [0.1, 0.15) is 0 Å². The van der Waals surface area contributed by atoms with Gasteiger partial charge in [0.2, 0.25) is 0 Å². The molecule has 0 spiro atoms. The minimum Gasteiger partial charge on any atom is -0.506 e. The van der Waals surface area contributed by atoms with E-state index >= 15 is 0 Å². The molecule has 0 saturated carbocycles. The summed E-state index contributed by atoms with van der Waals surface area (Å²) in [7, 11) is 0. The Labute approximate surface area is 107 Å². The van der Waals surface area contributed by atoms with Gasteiger partial charge in [-0.2, -0.15) is 5.10 Å². The first-order chi connectivity index (χ1) is 8.74. The average molecular weight is 261 g/mol. The number of phenols is 1. The first-order valence-corrected chi connectivity index (χ1v) is 5.66. The molecule has 0 aliphatic carbocycles. The third-order valence-electron chi connectivity index (χ3n) is 2.53. The topological polar surface area (TPSA) is 73.8 Å². The minimum atomic E-state index is 0.0484. The van der Waals surface area contributed by atoms with Gasteiger partial charge < -0.3 is 10.4 Å². The molecule has 0 saturated heterocycles. The number of hydrogen-bond acceptors (Lipinski definition) is 4. The molecule has 5 nitrogen and oxygen atoms in total. The van der Waals surface area contributed by atoms with Gasteiger partial charge in [-0.25, -0.2) is 0 Å². The fourth-order valence-corrected chi connectivity index (χ4v) is 1.84. The Morgan fingerprint density at radius 1 is 1.28 bits per heavy atom. The van der Waals surface area contributed by atoms with Crippen molar-refractivity contribution in [2.24, 2.45) is 0 Å². The van der Waals surface area contributed by atoms with Gasteiger partial charge >= 0.3 is 0 Å². The Hall–Kier alpha value is -2.27. The van der Waals surface area contributed by atoms with E-state index in [4.69, 9.17) is 11.6 Å². The zero-order valence-electron chi connectivity index (χ0n) is 9.18. The lowest BCUT2D eigenvalue weighted by molar-refractivity contribution is 0.475. The van der Waals surface area contributed by atoms with Gasteiger partial charge in [0.25, 0.3) is 0 Å². The molecule has 18 heavy (non-hydrogen) atoms. The Balaban J connectivity index is 1.98. The molecular weight excluding hydrogens is 252 g/mol. The normalized spacial score (nSPS) is 10.7. The van der Waals surface area contributed by atoms with Gasteiger partial charge in [-0.3, -0.25) is 10.1 Å². The van der Waals surface area contributed by atoms with Crippen LogP contribution in [0.3, 0.4) is 0 Å². The number of pyridine rings is 1. The number of rotatable bonds is 2. The Morgan fingerprint density at radius 2 is 2.17 bits per heavy atom. The fourth-order valence-electron chi connectivity index (χ4n) is 1.66. The summed E-state index contributed by atoms with van der Waals surface area (Å²) in [6.07, 6.45) is 1.70. The number of anilines is 2. The molecular formula is C12H9ClN4O. The van der Waals surface area contributed by atoms with E-state index in [0.29, 0.717) is 5.82 Å². The summed E-state index contributed by atoms with van der Waals surface area (Å²) < 4.78 is 0. The summed E-state index contributed by atoms with van der Waals surface area (Å²) in [6, 6.07) is 8.59. The fraction of sp³-hybridized carbons (Fsp3) is 0. The van der Waals surface area contributed by atoms with Crippen molar-refractivity contribution in [1.29, 1.82) is 0 Å². The van der Waals surface area contributed by atoms with E-state index in [0.717, 1.165) is 16.7 Å². The quantitative estimate of drug-likeness (QED) is 0.619. The van der Waals surface area contributed by atoms with Crippen LogP contribution < -0.4 is 5.32 Å². The number of nitrogens with one attached hydrogen (secondary N) is 2. The molecule has 0 atom stereocenters. The maximum Gasteiger partial charge on any atom is 0.178 e. The molecule has 0 aliphatic heterocycles. The first-order valence-electron chi connectivity index (χ1n) is 5.28. The molecule has 3 rings (SSSR count). The molecule has 0 radical (unpaired) electrons. The van der Waals surface area contributed by atoms with Crippen molar-refractivity contribution in [2.75, 3.05) is 5.32 Å². The summed E-state index contributed by atoms with van der Waals surface area (Å²) in [6.45, 7) is 0.